The van der Waals surface area contributed by atoms with Crippen LogP contribution in [0.15, 0.2) is 12.4 Å². The van der Waals surface area contributed by atoms with Crippen molar-refractivity contribution in [2.45, 2.75) is 13.0 Å². The molecule has 0 saturated heterocycles. The number of fused-ring (bicyclic) bond motifs is 1. The Labute approximate surface area is 85.0 Å². The summed E-state index contributed by atoms with van der Waals surface area (Å²) in [5.74, 6) is 0. The number of halogens is 1. The number of hydrogen-bond donors (Lipinski definition) is 0. The lowest BCUT2D eigenvalue weighted by atomic mass is 10.4. The maximum Gasteiger partial charge on any atom is 0.224 e. The molecule has 0 saturated carbocycles. The third-order valence-corrected chi connectivity index (χ3v) is 1.96. The molecule has 2 aromatic rings. The lowest BCUT2D eigenvalue weighted by molar-refractivity contribution is 0.643. The highest BCUT2D eigenvalue weighted by Crippen LogP contribution is 2.12. The quantitative estimate of drug-likeness (QED) is 0.698. The molecule has 0 unspecified atom stereocenters. The van der Waals surface area contributed by atoms with Crippen LogP contribution in [-0.4, -0.2) is 19.7 Å². The molecule has 5 nitrogen and oxygen atoms in total. The Morgan fingerprint density at radius 2 is 2.36 bits per heavy atom. The minimum atomic E-state index is 0.191. The normalized spacial score (nSPS) is 10.3. The average molecular weight is 208 g/mol. The van der Waals surface area contributed by atoms with Crippen molar-refractivity contribution >= 4 is 22.6 Å². The molecule has 2 rings (SSSR count). The first-order valence-corrected chi connectivity index (χ1v) is 4.40. The molecule has 0 fully saturated rings. The minimum Gasteiger partial charge on any atom is -0.246 e. The lowest BCUT2D eigenvalue weighted by Crippen LogP contribution is -2.00. The molecule has 0 bridgehead atoms. The van der Waals surface area contributed by atoms with Gasteiger partial charge in [-0.25, -0.2) is 9.67 Å². The fourth-order valence-corrected chi connectivity index (χ4v) is 1.29. The van der Waals surface area contributed by atoms with Crippen molar-refractivity contribution in [1.82, 2.24) is 19.7 Å². The first-order chi connectivity index (χ1) is 6.81. The maximum absolute atomic E-state index is 8.44. The van der Waals surface area contributed by atoms with Gasteiger partial charge < -0.3 is 0 Å². The van der Waals surface area contributed by atoms with Gasteiger partial charge in [-0.1, -0.05) is 0 Å². The van der Waals surface area contributed by atoms with Crippen molar-refractivity contribution in [3.8, 4) is 6.07 Å². The van der Waals surface area contributed by atoms with Crippen LogP contribution in [-0.2, 0) is 6.54 Å². The fraction of sp³-hybridized carbons (Fsp3) is 0.250. The van der Waals surface area contributed by atoms with E-state index in [4.69, 9.17) is 16.9 Å². The summed E-state index contributed by atoms with van der Waals surface area (Å²) in [7, 11) is 0. The molecule has 2 aromatic heterocycles. The van der Waals surface area contributed by atoms with Gasteiger partial charge in [0.15, 0.2) is 5.65 Å². The van der Waals surface area contributed by atoms with E-state index in [1.807, 2.05) is 6.07 Å². The third-order valence-electron chi connectivity index (χ3n) is 1.78. The van der Waals surface area contributed by atoms with E-state index in [0.29, 0.717) is 18.6 Å². The van der Waals surface area contributed by atoms with E-state index < -0.39 is 0 Å². The standard InChI is InChI=1S/C8H6ClN5/c9-8-11-4-6-5-12-14(3-1-2-10)7(6)13-8/h4-5H,1,3H2. The van der Waals surface area contributed by atoms with E-state index in [1.54, 1.807) is 17.1 Å². The third kappa shape index (κ3) is 1.52. The van der Waals surface area contributed by atoms with E-state index in [1.165, 1.54) is 0 Å². The number of aryl methyl sites for hydroxylation is 1. The second-order valence-electron chi connectivity index (χ2n) is 2.69. The molecule has 0 aliphatic carbocycles. The number of hydrogen-bond acceptors (Lipinski definition) is 4. The highest BCUT2D eigenvalue weighted by Gasteiger charge is 2.04. The summed E-state index contributed by atoms with van der Waals surface area (Å²) in [5, 5.41) is 13.5. The summed E-state index contributed by atoms with van der Waals surface area (Å²) in [6.45, 7) is 0.521. The van der Waals surface area contributed by atoms with Crippen LogP contribution in [0.25, 0.3) is 11.0 Å². The molecule has 0 atom stereocenters. The number of rotatable bonds is 2. The molecule has 0 spiro atoms. The largest absolute Gasteiger partial charge is 0.246 e. The molecular weight excluding hydrogens is 202 g/mol. The zero-order chi connectivity index (χ0) is 9.97. The van der Waals surface area contributed by atoms with Crippen LogP contribution in [0.5, 0.6) is 0 Å². The van der Waals surface area contributed by atoms with Crippen molar-refractivity contribution in [3.05, 3.63) is 17.7 Å². The van der Waals surface area contributed by atoms with Gasteiger partial charge in [0, 0.05) is 6.20 Å². The maximum atomic E-state index is 8.44. The van der Waals surface area contributed by atoms with Crippen molar-refractivity contribution in [2.24, 2.45) is 0 Å². The Morgan fingerprint density at radius 1 is 1.50 bits per heavy atom. The fourth-order valence-electron chi connectivity index (χ4n) is 1.17. The highest BCUT2D eigenvalue weighted by atomic mass is 35.5. The lowest BCUT2D eigenvalue weighted by Gasteiger charge is -1.97. The second-order valence-corrected chi connectivity index (χ2v) is 3.03. The Hall–Kier alpha value is -1.67. The Morgan fingerprint density at radius 3 is 3.14 bits per heavy atom. The van der Waals surface area contributed by atoms with Crippen LogP contribution in [0.3, 0.4) is 0 Å². The van der Waals surface area contributed by atoms with Gasteiger partial charge in [-0.2, -0.15) is 15.3 Å². The summed E-state index contributed by atoms with van der Waals surface area (Å²) in [4.78, 5) is 7.87. The van der Waals surface area contributed by atoms with Gasteiger partial charge in [0.25, 0.3) is 0 Å². The zero-order valence-electron chi connectivity index (χ0n) is 7.18. The van der Waals surface area contributed by atoms with Gasteiger partial charge in [0.2, 0.25) is 5.28 Å². The average Bonchev–Trinajstić information content (AvgIpc) is 2.57. The van der Waals surface area contributed by atoms with Gasteiger partial charge >= 0.3 is 0 Å². The first-order valence-electron chi connectivity index (χ1n) is 4.02. The zero-order valence-corrected chi connectivity index (χ0v) is 7.94. The molecule has 0 radical (unpaired) electrons. The smallest absolute Gasteiger partial charge is 0.224 e. The summed E-state index contributed by atoms with van der Waals surface area (Å²) in [6, 6.07) is 2.05. The summed E-state index contributed by atoms with van der Waals surface area (Å²) >= 11 is 5.65. The molecule has 0 amide bonds. The summed E-state index contributed by atoms with van der Waals surface area (Å²) in [5.41, 5.74) is 0.667. The van der Waals surface area contributed by atoms with Crippen molar-refractivity contribution < 1.29 is 0 Å². The van der Waals surface area contributed by atoms with Crippen LogP contribution in [0.2, 0.25) is 5.28 Å². The molecule has 0 aromatic carbocycles. The Balaban J connectivity index is 2.46. The number of aromatic nitrogens is 4. The van der Waals surface area contributed by atoms with Crippen molar-refractivity contribution in [1.29, 1.82) is 5.26 Å². The number of nitriles is 1. The van der Waals surface area contributed by atoms with E-state index >= 15 is 0 Å². The molecule has 0 aliphatic heterocycles. The molecule has 0 aliphatic rings. The van der Waals surface area contributed by atoms with Crippen molar-refractivity contribution in [3.63, 3.8) is 0 Å². The molecular formula is C8H6ClN5. The van der Waals surface area contributed by atoms with Crippen molar-refractivity contribution in [2.75, 3.05) is 0 Å². The molecule has 6 heteroatoms. The van der Waals surface area contributed by atoms with Gasteiger partial charge in [-0.3, -0.25) is 0 Å². The van der Waals surface area contributed by atoms with E-state index in [-0.39, 0.29) is 5.28 Å². The van der Waals surface area contributed by atoms with E-state index in [9.17, 15) is 0 Å². The monoisotopic (exact) mass is 207 g/mol. The van der Waals surface area contributed by atoms with Gasteiger partial charge in [-0.05, 0) is 11.6 Å². The summed E-state index contributed by atoms with van der Waals surface area (Å²) < 4.78 is 1.64. The van der Waals surface area contributed by atoms with Crippen LogP contribution in [0.1, 0.15) is 6.42 Å². The molecule has 2 heterocycles. The first kappa shape index (κ1) is 8.91. The Bertz CT molecular complexity index is 498. The van der Waals surface area contributed by atoms with Crippen LogP contribution >= 0.6 is 11.6 Å². The topological polar surface area (TPSA) is 67.4 Å². The molecule has 70 valence electrons. The van der Waals surface area contributed by atoms with Gasteiger partial charge in [-0.15, -0.1) is 0 Å². The predicted octanol–water partition coefficient (Wildman–Crippen LogP) is 1.39. The molecule has 0 N–H and O–H groups in total. The summed E-state index contributed by atoms with van der Waals surface area (Å²) in [6.07, 6.45) is 3.67. The second kappa shape index (κ2) is 3.60. The van der Waals surface area contributed by atoms with Gasteiger partial charge in [0.05, 0.1) is 30.6 Å². The van der Waals surface area contributed by atoms with Gasteiger partial charge in [0.1, 0.15) is 0 Å². The number of nitrogens with zero attached hydrogens (tertiary/aromatic N) is 5. The highest BCUT2D eigenvalue weighted by molar-refractivity contribution is 6.28. The van der Waals surface area contributed by atoms with Crippen LogP contribution < -0.4 is 0 Å². The van der Waals surface area contributed by atoms with Crippen LogP contribution in [0, 0.1) is 11.3 Å². The van der Waals surface area contributed by atoms with E-state index in [0.717, 1.165) is 5.39 Å². The minimum absolute atomic E-state index is 0.191. The van der Waals surface area contributed by atoms with E-state index in [2.05, 4.69) is 15.1 Å². The SMILES string of the molecule is N#CCCn1ncc2cnc(Cl)nc21. The molecule has 14 heavy (non-hydrogen) atoms. The van der Waals surface area contributed by atoms with Crippen LogP contribution in [0.4, 0.5) is 0 Å². The predicted molar refractivity (Wildman–Crippen MR) is 50.6 cm³/mol. The Kier molecular flexibility index (Phi) is 2.29.